The summed E-state index contributed by atoms with van der Waals surface area (Å²) in [6.07, 6.45) is 1.86. The van der Waals surface area contributed by atoms with Gasteiger partial charge in [-0.1, -0.05) is 18.2 Å². The molecule has 0 saturated heterocycles. The maximum absolute atomic E-state index is 4.35. The summed E-state index contributed by atoms with van der Waals surface area (Å²) in [5.74, 6) is 0.890. The van der Waals surface area contributed by atoms with E-state index < -0.39 is 0 Å². The van der Waals surface area contributed by atoms with E-state index in [1.807, 2.05) is 48.7 Å². The Labute approximate surface area is 71.2 Å². The van der Waals surface area contributed by atoms with Gasteiger partial charge in [0.15, 0.2) is 0 Å². The predicted octanol–water partition coefficient (Wildman–Crippen LogP) is 2.58. The zero-order chi connectivity index (χ0) is 8.23. The number of nitrogens with one attached hydrogen (secondary N) is 1. The van der Waals surface area contributed by atoms with E-state index in [1.54, 1.807) is 0 Å². The summed E-state index contributed by atoms with van der Waals surface area (Å²) in [5.41, 5.74) is 0.972. The van der Waals surface area contributed by atoms with Crippen LogP contribution in [0, 0.1) is 0 Å². The largest absolute Gasteiger partial charge is 0.347 e. The fourth-order valence-electron chi connectivity index (χ4n) is 1.03. The second-order valence-corrected chi connectivity index (χ2v) is 2.50. The normalized spacial score (nSPS) is 9.67. The minimum absolute atomic E-state index is 0.890. The van der Waals surface area contributed by atoms with E-state index in [9.17, 15) is 0 Å². The van der Waals surface area contributed by atoms with Crippen LogP contribution >= 0.6 is 0 Å². The lowest BCUT2D eigenvalue weighted by Crippen LogP contribution is -1.86. The molecule has 0 aliphatic heterocycles. The minimum Gasteiger partial charge on any atom is -0.347 e. The zero-order valence-corrected chi connectivity index (χ0v) is 6.57. The quantitative estimate of drug-likeness (QED) is 0.694. The van der Waals surface area contributed by atoms with E-state index in [0.29, 0.717) is 0 Å². The molecule has 0 unspecified atom stereocenters. The van der Waals surface area contributed by atoms with Gasteiger partial charge in [-0.2, -0.15) is 0 Å². The highest BCUT2D eigenvalue weighted by atomic mass is 15.0. The molecule has 12 heavy (non-hydrogen) atoms. The number of aromatic amines is 1. The molecule has 0 atom stereocenters. The second kappa shape index (κ2) is 3.13. The Hall–Kier alpha value is -1.70. The molecular formula is C10H9N2. The first-order chi connectivity index (χ1) is 5.95. The van der Waals surface area contributed by atoms with Gasteiger partial charge in [0, 0.05) is 6.20 Å². The Morgan fingerprint density at radius 2 is 1.75 bits per heavy atom. The fraction of sp³-hybridized carbons (Fsp3) is 0. The lowest BCUT2D eigenvalue weighted by Gasteiger charge is -1.97. The lowest BCUT2D eigenvalue weighted by atomic mass is 10.3. The van der Waals surface area contributed by atoms with Crippen molar-refractivity contribution in [3.63, 3.8) is 0 Å². The van der Waals surface area contributed by atoms with Crippen molar-refractivity contribution in [3.8, 4) is 0 Å². The third-order valence-corrected chi connectivity index (χ3v) is 1.59. The van der Waals surface area contributed by atoms with Gasteiger partial charge in [-0.25, -0.2) is 5.32 Å². The summed E-state index contributed by atoms with van der Waals surface area (Å²) in [4.78, 5) is 3.02. The van der Waals surface area contributed by atoms with Crippen LogP contribution < -0.4 is 5.32 Å². The van der Waals surface area contributed by atoms with Crippen LogP contribution in [0.15, 0.2) is 48.7 Å². The molecule has 59 valence electrons. The Morgan fingerprint density at radius 1 is 0.917 bits per heavy atom. The Kier molecular flexibility index (Phi) is 1.82. The summed E-state index contributed by atoms with van der Waals surface area (Å²) in [5, 5.41) is 4.35. The molecule has 2 heteroatoms. The smallest absolute Gasteiger partial charge is 0.130 e. The van der Waals surface area contributed by atoms with E-state index in [-0.39, 0.29) is 0 Å². The molecule has 0 aliphatic carbocycles. The summed E-state index contributed by atoms with van der Waals surface area (Å²) in [6, 6.07) is 13.7. The molecule has 1 aromatic carbocycles. The fourth-order valence-corrected chi connectivity index (χ4v) is 1.03. The molecular weight excluding hydrogens is 148 g/mol. The summed E-state index contributed by atoms with van der Waals surface area (Å²) in [6.45, 7) is 0. The maximum Gasteiger partial charge on any atom is 0.130 e. The van der Waals surface area contributed by atoms with Gasteiger partial charge >= 0.3 is 0 Å². The van der Waals surface area contributed by atoms with Crippen molar-refractivity contribution < 1.29 is 0 Å². The van der Waals surface area contributed by atoms with E-state index >= 15 is 0 Å². The van der Waals surface area contributed by atoms with Gasteiger partial charge in [0.1, 0.15) is 5.82 Å². The molecule has 1 heterocycles. The summed E-state index contributed by atoms with van der Waals surface area (Å²) < 4.78 is 0. The first-order valence-corrected chi connectivity index (χ1v) is 3.85. The van der Waals surface area contributed by atoms with Crippen LogP contribution in [0.4, 0.5) is 11.5 Å². The molecule has 1 N–H and O–H groups in total. The number of hydrogen-bond donors (Lipinski definition) is 1. The lowest BCUT2D eigenvalue weighted by molar-refractivity contribution is 1.12. The number of benzene rings is 1. The molecule has 2 rings (SSSR count). The monoisotopic (exact) mass is 157 g/mol. The molecule has 0 spiro atoms. The first kappa shape index (κ1) is 6.98. The van der Waals surface area contributed by atoms with Crippen molar-refractivity contribution in [2.24, 2.45) is 0 Å². The average molecular weight is 157 g/mol. The van der Waals surface area contributed by atoms with Crippen molar-refractivity contribution in [2.75, 3.05) is 0 Å². The molecule has 0 fully saturated rings. The number of rotatable bonds is 2. The van der Waals surface area contributed by atoms with Gasteiger partial charge in [0.05, 0.1) is 5.69 Å². The van der Waals surface area contributed by atoms with Gasteiger partial charge in [0.2, 0.25) is 0 Å². The van der Waals surface area contributed by atoms with Gasteiger partial charge in [-0.05, 0) is 24.3 Å². The van der Waals surface area contributed by atoms with Gasteiger partial charge in [-0.3, -0.25) is 0 Å². The van der Waals surface area contributed by atoms with Crippen molar-refractivity contribution in [2.45, 2.75) is 0 Å². The summed E-state index contributed by atoms with van der Waals surface area (Å²) >= 11 is 0. The number of H-pyrrole nitrogens is 1. The molecule has 0 amide bonds. The molecule has 1 aromatic heterocycles. The molecule has 0 bridgehead atoms. The number of nitrogens with zero attached hydrogens (tertiary/aromatic N) is 1. The molecule has 1 radical (unpaired) electrons. The Morgan fingerprint density at radius 3 is 2.42 bits per heavy atom. The zero-order valence-electron chi connectivity index (χ0n) is 6.57. The van der Waals surface area contributed by atoms with Gasteiger partial charge in [-0.15, -0.1) is 0 Å². The van der Waals surface area contributed by atoms with Crippen LogP contribution in [-0.2, 0) is 0 Å². The number of para-hydroxylation sites is 1. The topological polar surface area (TPSA) is 29.9 Å². The summed E-state index contributed by atoms with van der Waals surface area (Å²) in [7, 11) is 0. The van der Waals surface area contributed by atoms with E-state index in [2.05, 4.69) is 10.3 Å². The minimum atomic E-state index is 0.890. The molecule has 2 aromatic rings. The van der Waals surface area contributed by atoms with E-state index in [4.69, 9.17) is 0 Å². The van der Waals surface area contributed by atoms with Gasteiger partial charge in [0.25, 0.3) is 0 Å². The number of hydrogen-bond acceptors (Lipinski definition) is 0. The van der Waals surface area contributed by atoms with Crippen LogP contribution in [0.3, 0.4) is 0 Å². The molecule has 0 aliphatic rings. The third kappa shape index (κ3) is 1.48. The first-order valence-electron chi connectivity index (χ1n) is 3.85. The van der Waals surface area contributed by atoms with Crippen molar-refractivity contribution in [1.29, 1.82) is 0 Å². The van der Waals surface area contributed by atoms with Crippen molar-refractivity contribution in [3.05, 3.63) is 48.7 Å². The molecule has 0 saturated carbocycles. The van der Waals surface area contributed by atoms with Gasteiger partial charge < -0.3 is 4.98 Å². The van der Waals surface area contributed by atoms with Crippen molar-refractivity contribution in [1.82, 2.24) is 10.3 Å². The standard InChI is InChI=1S/C10H9N2/c1-2-5-9(6-3-1)12-10-7-4-8-11-10/h1-8,11H. The third-order valence-electron chi connectivity index (χ3n) is 1.59. The number of aromatic nitrogens is 1. The average Bonchev–Trinajstić information content (AvgIpc) is 2.59. The maximum atomic E-state index is 4.35. The van der Waals surface area contributed by atoms with Crippen molar-refractivity contribution >= 4 is 11.5 Å². The highest BCUT2D eigenvalue weighted by Gasteiger charge is 1.93. The Bertz CT molecular complexity index is 324. The second-order valence-electron chi connectivity index (χ2n) is 2.50. The van der Waals surface area contributed by atoms with Crippen LogP contribution in [-0.4, -0.2) is 4.98 Å². The highest BCUT2D eigenvalue weighted by molar-refractivity contribution is 5.44. The SMILES string of the molecule is c1ccc([N]c2ccc[nH]2)cc1. The van der Waals surface area contributed by atoms with Crippen LogP contribution in [0.1, 0.15) is 0 Å². The van der Waals surface area contributed by atoms with Crippen LogP contribution in [0.25, 0.3) is 0 Å². The van der Waals surface area contributed by atoms with E-state index in [1.165, 1.54) is 0 Å². The Balaban J connectivity index is 2.15. The van der Waals surface area contributed by atoms with Crippen LogP contribution in [0.5, 0.6) is 0 Å². The highest BCUT2D eigenvalue weighted by Crippen LogP contribution is 2.12. The molecule has 2 nitrogen and oxygen atoms in total. The van der Waals surface area contributed by atoms with Crippen LogP contribution in [0.2, 0.25) is 0 Å². The predicted molar refractivity (Wildman–Crippen MR) is 48.7 cm³/mol. The van der Waals surface area contributed by atoms with E-state index in [0.717, 1.165) is 11.5 Å².